The number of carbonyl (C=O) groups excluding carboxylic acids is 1. The lowest BCUT2D eigenvalue weighted by molar-refractivity contribution is -0.383. The number of aliphatic carboxylic acids is 2. The van der Waals surface area contributed by atoms with Gasteiger partial charge in [0.15, 0.2) is 5.79 Å². The second kappa shape index (κ2) is 11.0. The summed E-state index contributed by atoms with van der Waals surface area (Å²) < 4.78 is 17.0. The van der Waals surface area contributed by atoms with Gasteiger partial charge in [-0.05, 0) is 24.0 Å². The largest absolute Gasteiger partial charge is 0.479 e. The van der Waals surface area contributed by atoms with Gasteiger partial charge in [0.05, 0.1) is 11.2 Å². The van der Waals surface area contributed by atoms with E-state index in [2.05, 4.69) is 11.6 Å². The summed E-state index contributed by atoms with van der Waals surface area (Å²) in [6, 6.07) is 9.50. The predicted octanol–water partition coefficient (Wildman–Crippen LogP) is 1.45. The number of rotatable bonds is 11. The molecule has 0 spiro atoms. The van der Waals surface area contributed by atoms with Crippen LogP contribution in [0.4, 0.5) is 0 Å². The minimum atomic E-state index is -3.37. The summed E-state index contributed by atoms with van der Waals surface area (Å²) in [6.07, 6.45) is -7.03. The highest BCUT2D eigenvalue weighted by Crippen LogP contribution is 2.58. The summed E-state index contributed by atoms with van der Waals surface area (Å²) in [5, 5.41) is 54.8. The van der Waals surface area contributed by atoms with Gasteiger partial charge in [0, 0.05) is 24.6 Å². The van der Waals surface area contributed by atoms with Gasteiger partial charge in [-0.2, -0.15) is 0 Å². The SMILES string of the molecule is C=C(CC[C@@]12O[C@H](c3cscn3)[C@@](O)(C(=O)O)[C@@](C(=O)O)(O1)[C@H](O)[C@H]2O)[C@@H](OC(C)=O)[C@H](C)Cc1ccccc1. The van der Waals surface area contributed by atoms with Crippen molar-refractivity contribution in [3.63, 3.8) is 0 Å². The van der Waals surface area contributed by atoms with Gasteiger partial charge in [-0.15, -0.1) is 11.3 Å². The topological polar surface area (TPSA) is 193 Å². The highest BCUT2D eigenvalue weighted by atomic mass is 32.1. The molecule has 0 saturated carbocycles. The van der Waals surface area contributed by atoms with Crippen molar-refractivity contribution in [2.24, 2.45) is 5.92 Å². The normalized spacial score (nSPS) is 32.7. The van der Waals surface area contributed by atoms with Crippen LogP contribution in [0.15, 0.2) is 53.4 Å². The molecule has 1 aromatic heterocycles. The lowest BCUT2D eigenvalue weighted by Gasteiger charge is -2.49. The number of aromatic nitrogens is 1. The van der Waals surface area contributed by atoms with E-state index in [1.54, 1.807) is 0 Å². The number of aliphatic hydroxyl groups excluding tert-OH is 2. The number of carboxylic acids is 2. The van der Waals surface area contributed by atoms with E-state index in [1.165, 1.54) is 17.8 Å². The van der Waals surface area contributed by atoms with Gasteiger partial charge in [-0.1, -0.05) is 43.8 Å². The molecule has 40 heavy (non-hydrogen) atoms. The van der Waals surface area contributed by atoms with Crippen LogP contribution in [0.5, 0.6) is 0 Å². The first kappa shape index (κ1) is 29.8. The first-order chi connectivity index (χ1) is 18.8. The molecule has 2 saturated heterocycles. The van der Waals surface area contributed by atoms with Gasteiger partial charge < -0.3 is 39.7 Å². The smallest absolute Gasteiger partial charge is 0.342 e. The van der Waals surface area contributed by atoms with Gasteiger partial charge >= 0.3 is 17.9 Å². The van der Waals surface area contributed by atoms with Gasteiger partial charge in [0.2, 0.25) is 11.2 Å². The Morgan fingerprint density at radius 3 is 2.38 bits per heavy atom. The lowest BCUT2D eigenvalue weighted by atomic mass is 9.74. The first-order valence-corrected chi connectivity index (χ1v) is 13.4. The van der Waals surface area contributed by atoms with E-state index in [4.69, 9.17) is 14.2 Å². The Balaban J connectivity index is 1.66. The maximum absolute atomic E-state index is 12.5. The molecule has 0 radical (unpaired) electrons. The molecule has 0 unspecified atom stereocenters. The van der Waals surface area contributed by atoms with Crippen LogP contribution >= 0.6 is 11.3 Å². The number of carboxylic acid groups (broad SMARTS) is 2. The molecule has 2 aromatic rings. The third-order valence-electron chi connectivity index (χ3n) is 7.53. The average molecular weight is 578 g/mol. The van der Waals surface area contributed by atoms with Crippen molar-refractivity contribution in [3.05, 3.63) is 64.6 Å². The number of hydrogen-bond donors (Lipinski definition) is 5. The molecule has 3 heterocycles. The molecule has 2 fully saturated rings. The number of aliphatic hydroxyl groups is 3. The lowest BCUT2D eigenvalue weighted by Crippen LogP contribution is -2.73. The summed E-state index contributed by atoms with van der Waals surface area (Å²) in [6.45, 7) is 7.18. The zero-order valence-electron chi connectivity index (χ0n) is 21.8. The van der Waals surface area contributed by atoms with E-state index < -0.39 is 59.3 Å². The Bertz CT molecular complexity index is 1270. The third kappa shape index (κ3) is 4.72. The minimum absolute atomic E-state index is 0.0498. The number of ether oxygens (including phenoxy) is 3. The summed E-state index contributed by atoms with van der Waals surface area (Å²) in [5.41, 5.74) is -3.99. The molecule has 1 aromatic carbocycles. The molecule has 12 nitrogen and oxygen atoms in total. The Kier molecular flexibility index (Phi) is 8.18. The van der Waals surface area contributed by atoms with E-state index in [1.807, 2.05) is 37.3 Å². The Hall–Kier alpha value is -3.20. The van der Waals surface area contributed by atoms with Crippen LogP contribution in [0.2, 0.25) is 0 Å². The van der Waals surface area contributed by atoms with Crippen molar-refractivity contribution in [3.8, 4) is 0 Å². The van der Waals surface area contributed by atoms with E-state index in [0.29, 0.717) is 12.0 Å². The fraction of sp³-hybridized carbons (Fsp3) is 0.481. The molecule has 13 heteroatoms. The monoisotopic (exact) mass is 577 g/mol. The Labute approximate surface area is 233 Å². The van der Waals surface area contributed by atoms with E-state index >= 15 is 0 Å². The molecular formula is C27H31NO11S. The molecule has 2 aliphatic heterocycles. The molecule has 216 valence electrons. The Morgan fingerprint density at radius 1 is 1.15 bits per heavy atom. The quantitative estimate of drug-likeness (QED) is 0.191. The maximum Gasteiger partial charge on any atom is 0.342 e. The van der Waals surface area contributed by atoms with Crippen LogP contribution in [-0.2, 0) is 35.0 Å². The highest BCUT2D eigenvalue weighted by Gasteiger charge is 2.83. The first-order valence-electron chi connectivity index (χ1n) is 12.5. The van der Waals surface area contributed by atoms with Gasteiger partial charge in [0.1, 0.15) is 24.4 Å². The minimum Gasteiger partial charge on any atom is -0.479 e. The number of benzene rings is 1. The zero-order chi connectivity index (χ0) is 29.5. The summed E-state index contributed by atoms with van der Waals surface area (Å²) in [7, 11) is 0. The van der Waals surface area contributed by atoms with Gasteiger partial charge in [-0.25, -0.2) is 14.6 Å². The second-order valence-corrected chi connectivity index (χ2v) is 10.9. The molecule has 5 N–H and O–H groups in total. The molecule has 0 aliphatic carbocycles. The molecule has 2 bridgehead atoms. The number of esters is 1. The summed E-state index contributed by atoms with van der Waals surface area (Å²) in [4.78, 5) is 40.8. The van der Waals surface area contributed by atoms with Gasteiger partial charge in [0.25, 0.3) is 0 Å². The molecule has 2 aliphatic rings. The van der Waals surface area contributed by atoms with Crippen LogP contribution in [0, 0.1) is 5.92 Å². The van der Waals surface area contributed by atoms with Crippen molar-refractivity contribution < 1.29 is 54.1 Å². The van der Waals surface area contributed by atoms with Crippen molar-refractivity contribution in [1.82, 2.24) is 4.98 Å². The third-order valence-corrected chi connectivity index (χ3v) is 8.14. The summed E-state index contributed by atoms with van der Waals surface area (Å²) >= 11 is 1.04. The number of thiazole rings is 1. The molecule has 8 atom stereocenters. The van der Waals surface area contributed by atoms with Gasteiger partial charge in [-0.3, -0.25) is 4.79 Å². The van der Waals surface area contributed by atoms with E-state index in [9.17, 15) is 39.9 Å². The predicted molar refractivity (Wildman–Crippen MR) is 138 cm³/mol. The summed E-state index contributed by atoms with van der Waals surface area (Å²) in [5.74, 6) is -7.13. The van der Waals surface area contributed by atoms with Crippen molar-refractivity contribution in [2.75, 3.05) is 0 Å². The highest BCUT2D eigenvalue weighted by molar-refractivity contribution is 7.07. The molecular weight excluding hydrogens is 546 g/mol. The van der Waals surface area contributed by atoms with Crippen LogP contribution < -0.4 is 0 Å². The molecule has 4 rings (SSSR count). The van der Waals surface area contributed by atoms with E-state index in [0.717, 1.165) is 16.9 Å². The van der Waals surface area contributed by atoms with Crippen LogP contribution in [0.1, 0.15) is 44.1 Å². The van der Waals surface area contributed by atoms with Crippen LogP contribution in [0.25, 0.3) is 0 Å². The number of hydrogen-bond acceptors (Lipinski definition) is 11. The van der Waals surface area contributed by atoms with Crippen molar-refractivity contribution in [1.29, 1.82) is 0 Å². The molecule has 0 amide bonds. The number of fused-ring (bicyclic) bond motifs is 2. The van der Waals surface area contributed by atoms with E-state index in [-0.39, 0.29) is 24.5 Å². The fourth-order valence-corrected chi connectivity index (χ4v) is 6.14. The van der Waals surface area contributed by atoms with Crippen molar-refractivity contribution in [2.45, 2.75) is 74.5 Å². The van der Waals surface area contributed by atoms with Crippen molar-refractivity contribution >= 4 is 29.2 Å². The average Bonchev–Trinajstić information content (AvgIpc) is 3.50. The number of carbonyl (C=O) groups is 3. The number of nitrogens with zero attached hydrogens (tertiary/aromatic N) is 1. The zero-order valence-corrected chi connectivity index (χ0v) is 22.6. The Morgan fingerprint density at radius 2 is 1.82 bits per heavy atom. The second-order valence-electron chi connectivity index (χ2n) is 10.2. The maximum atomic E-state index is 12.5. The fourth-order valence-electron chi connectivity index (χ4n) is 5.57. The standard InChI is InChI=1S/C27H31NO11S/c1-14(19(37-16(3)29)15(2)11-17-7-5-4-6-8-17)9-10-25-20(30)21(31)27(39-25,24(34)35)26(36,23(32)33)22(38-25)18-12-40-13-28-18/h4-8,12-13,15,19-22,30-31,36H,1,9-11H2,2-3H3,(H,32,33)(H,34,35)/t15-,19-,20-,21-,22-,25-,26-,27-/m1/s1. The van der Waals surface area contributed by atoms with Crippen LogP contribution in [-0.4, -0.2) is 83.7 Å². The van der Waals surface area contributed by atoms with Crippen LogP contribution in [0.3, 0.4) is 0 Å².